The molecule has 178 valence electrons. The first-order valence-electron chi connectivity index (χ1n) is 11.5. The molecule has 2 heterocycles. The van der Waals surface area contributed by atoms with Gasteiger partial charge in [-0.05, 0) is 43.9 Å². The second-order valence-corrected chi connectivity index (χ2v) is 9.55. The van der Waals surface area contributed by atoms with Gasteiger partial charge in [-0.25, -0.2) is 0 Å². The zero-order chi connectivity index (χ0) is 24.6. The molecule has 2 N–H and O–H groups in total. The maximum atomic E-state index is 13.0. The van der Waals surface area contributed by atoms with Crippen LogP contribution in [0.1, 0.15) is 67.7 Å². The van der Waals surface area contributed by atoms with Gasteiger partial charge in [-0.2, -0.15) is 15.1 Å². The van der Waals surface area contributed by atoms with Crippen LogP contribution in [-0.2, 0) is 0 Å². The summed E-state index contributed by atoms with van der Waals surface area (Å²) in [6.45, 7) is 3.82. The van der Waals surface area contributed by atoms with E-state index in [1.54, 1.807) is 12.1 Å². The SMILES string of the molecule is CC(C)c1cccc(C(=O)Nc2cc3cn(C4CCC(O)(C#N)CC4)nc3cc2N(C)C)[n+]1[O-]. The highest BCUT2D eigenvalue weighted by Crippen LogP contribution is 2.36. The molecule has 1 amide bonds. The number of nitriles is 1. The number of aromatic nitrogens is 3. The fourth-order valence-electron chi connectivity index (χ4n) is 4.49. The largest absolute Gasteiger partial charge is 0.618 e. The molecule has 1 aliphatic rings. The summed E-state index contributed by atoms with van der Waals surface area (Å²) in [5, 5.41) is 40.6. The van der Waals surface area contributed by atoms with Crippen LogP contribution < -0.4 is 14.9 Å². The molecule has 0 atom stereocenters. The molecular formula is C25H30N6O3. The number of pyridine rings is 1. The van der Waals surface area contributed by atoms with Crippen molar-refractivity contribution in [2.24, 2.45) is 0 Å². The number of hydrogen-bond acceptors (Lipinski definition) is 6. The number of amides is 1. The number of fused-ring (bicyclic) bond motifs is 1. The molecule has 0 bridgehead atoms. The molecule has 34 heavy (non-hydrogen) atoms. The summed E-state index contributed by atoms with van der Waals surface area (Å²) in [5.41, 5.74) is 1.46. The van der Waals surface area contributed by atoms with Crippen LogP contribution in [0, 0.1) is 16.5 Å². The molecule has 2 aromatic heterocycles. The summed E-state index contributed by atoms with van der Waals surface area (Å²) in [7, 11) is 3.76. The van der Waals surface area contributed by atoms with Crippen LogP contribution in [0.5, 0.6) is 0 Å². The number of nitrogens with zero attached hydrogens (tertiary/aromatic N) is 5. The second-order valence-electron chi connectivity index (χ2n) is 9.55. The van der Waals surface area contributed by atoms with Crippen LogP contribution >= 0.6 is 0 Å². The van der Waals surface area contributed by atoms with Gasteiger partial charge < -0.3 is 20.5 Å². The molecule has 1 aromatic carbocycles. The summed E-state index contributed by atoms with van der Waals surface area (Å²) in [6, 6.07) is 10.8. The maximum Gasteiger partial charge on any atom is 0.321 e. The normalized spacial score (nSPS) is 20.3. The number of benzene rings is 1. The Morgan fingerprint density at radius 3 is 2.68 bits per heavy atom. The fourth-order valence-corrected chi connectivity index (χ4v) is 4.49. The maximum absolute atomic E-state index is 13.0. The van der Waals surface area contributed by atoms with E-state index in [-0.39, 0.29) is 17.7 Å². The van der Waals surface area contributed by atoms with E-state index < -0.39 is 11.5 Å². The Hall–Kier alpha value is -3.64. The van der Waals surface area contributed by atoms with Crippen molar-refractivity contribution in [2.45, 2.75) is 57.1 Å². The third-order valence-electron chi connectivity index (χ3n) is 6.53. The van der Waals surface area contributed by atoms with Gasteiger partial charge in [0.1, 0.15) is 0 Å². The Bertz CT molecular complexity index is 1270. The summed E-state index contributed by atoms with van der Waals surface area (Å²) < 4.78 is 2.59. The van der Waals surface area contributed by atoms with Gasteiger partial charge in [0.05, 0.1) is 29.0 Å². The van der Waals surface area contributed by atoms with Gasteiger partial charge in [0.25, 0.3) is 5.69 Å². The lowest BCUT2D eigenvalue weighted by molar-refractivity contribution is -0.617. The predicted molar refractivity (Wildman–Crippen MR) is 130 cm³/mol. The summed E-state index contributed by atoms with van der Waals surface area (Å²) >= 11 is 0. The summed E-state index contributed by atoms with van der Waals surface area (Å²) in [6.07, 6.45) is 4.09. The van der Waals surface area contributed by atoms with E-state index in [2.05, 4.69) is 5.32 Å². The molecule has 9 nitrogen and oxygen atoms in total. The highest BCUT2D eigenvalue weighted by molar-refractivity contribution is 6.05. The lowest BCUT2D eigenvalue weighted by Crippen LogP contribution is -2.41. The van der Waals surface area contributed by atoms with Crippen LogP contribution in [0.3, 0.4) is 0 Å². The lowest BCUT2D eigenvalue weighted by Gasteiger charge is -2.30. The number of rotatable bonds is 5. The zero-order valence-electron chi connectivity index (χ0n) is 19.9. The number of carbonyl (C=O) groups is 1. The van der Waals surface area contributed by atoms with Crippen molar-refractivity contribution in [3.8, 4) is 6.07 Å². The molecule has 0 unspecified atom stereocenters. The van der Waals surface area contributed by atoms with E-state index in [9.17, 15) is 15.1 Å². The van der Waals surface area contributed by atoms with Gasteiger partial charge in [0.2, 0.25) is 0 Å². The van der Waals surface area contributed by atoms with E-state index >= 15 is 0 Å². The van der Waals surface area contributed by atoms with Gasteiger partial charge in [0.15, 0.2) is 11.3 Å². The fraction of sp³-hybridized carbons (Fsp3) is 0.440. The van der Waals surface area contributed by atoms with Gasteiger partial charge in [0, 0.05) is 43.7 Å². The van der Waals surface area contributed by atoms with E-state index in [0.717, 1.165) is 16.6 Å². The minimum atomic E-state index is -1.25. The number of nitrogens with one attached hydrogen (secondary N) is 1. The third-order valence-corrected chi connectivity index (χ3v) is 6.53. The Morgan fingerprint density at radius 2 is 2.06 bits per heavy atom. The first-order valence-corrected chi connectivity index (χ1v) is 11.5. The highest BCUT2D eigenvalue weighted by atomic mass is 16.5. The van der Waals surface area contributed by atoms with E-state index in [0.29, 0.717) is 41.8 Å². The Kier molecular flexibility index (Phi) is 6.19. The van der Waals surface area contributed by atoms with Crippen molar-refractivity contribution in [3.63, 3.8) is 0 Å². The van der Waals surface area contributed by atoms with Gasteiger partial charge in [-0.1, -0.05) is 13.8 Å². The van der Waals surface area contributed by atoms with Crippen LogP contribution in [0.2, 0.25) is 0 Å². The molecular weight excluding hydrogens is 432 g/mol. The Balaban J connectivity index is 1.64. The number of carbonyl (C=O) groups excluding carboxylic acids is 1. The zero-order valence-corrected chi connectivity index (χ0v) is 19.9. The average molecular weight is 463 g/mol. The standard InChI is InChI=1S/C25H30N6O3/c1-16(2)21-6-5-7-22(31(21)34)24(32)27-20-12-17-14-30(28-19(17)13-23(20)29(3)4)18-8-10-25(33,15-26)11-9-18/h5-7,12-14,16,18,33H,8-11H2,1-4H3,(H,27,32). The Labute approximate surface area is 198 Å². The predicted octanol–water partition coefficient (Wildman–Crippen LogP) is 3.48. The number of aliphatic hydroxyl groups is 1. The van der Waals surface area contributed by atoms with Crippen LogP contribution in [0.25, 0.3) is 10.9 Å². The van der Waals surface area contributed by atoms with Crippen LogP contribution in [0.15, 0.2) is 36.5 Å². The van der Waals surface area contributed by atoms with Gasteiger partial charge >= 0.3 is 5.91 Å². The monoisotopic (exact) mass is 462 g/mol. The molecule has 1 fully saturated rings. The number of anilines is 2. The Morgan fingerprint density at radius 1 is 1.35 bits per heavy atom. The van der Waals surface area contributed by atoms with Crippen molar-refractivity contribution < 1.29 is 14.6 Å². The molecule has 1 aliphatic carbocycles. The summed E-state index contributed by atoms with van der Waals surface area (Å²) in [4.78, 5) is 14.9. The third kappa shape index (κ3) is 4.41. The highest BCUT2D eigenvalue weighted by Gasteiger charge is 2.34. The molecule has 9 heteroatoms. The molecule has 0 radical (unpaired) electrons. The van der Waals surface area contributed by atoms with E-state index in [4.69, 9.17) is 10.4 Å². The van der Waals surface area contributed by atoms with Crippen molar-refractivity contribution >= 4 is 28.2 Å². The minimum Gasteiger partial charge on any atom is -0.618 e. The first kappa shape index (κ1) is 23.5. The van der Waals surface area contributed by atoms with E-state index in [1.807, 2.05) is 61.9 Å². The lowest BCUT2D eigenvalue weighted by atomic mass is 9.83. The van der Waals surface area contributed by atoms with Crippen molar-refractivity contribution in [2.75, 3.05) is 24.3 Å². The van der Waals surface area contributed by atoms with Gasteiger partial charge in [-0.3, -0.25) is 9.48 Å². The molecule has 3 aromatic rings. The van der Waals surface area contributed by atoms with Crippen molar-refractivity contribution in [3.05, 3.63) is 53.1 Å². The van der Waals surface area contributed by atoms with Crippen molar-refractivity contribution in [1.29, 1.82) is 5.26 Å². The number of hydrogen-bond donors (Lipinski definition) is 2. The molecule has 0 aliphatic heterocycles. The van der Waals surface area contributed by atoms with Crippen molar-refractivity contribution in [1.82, 2.24) is 9.78 Å². The summed E-state index contributed by atoms with van der Waals surface area (Å²) in [5.74, 6) is -0.482. The molecule has 1 saturated carbocycles. The van der Waals surface area contributed by atoms with Crippen LogP contribution in [0.4, 0.5) is 11.4 Å². The van der Waals surface area contributed by atoms with Gasteiger partial charge in [-0.15, -0.1) is 0 Å². The smallest absolute Gasteiger partial charge is 0.321 e. The van der Waals surface area contributed by atoms with E-state index in [1.165, 1.54) is 6.07 Å². The molecule has 0 saturated heterocycles. The molecule has 4 rings (SSSR count). The van der Waals surface area contributed by atoms with Crippen LogP contribution in [-0.4, -0.2) is 40.5 Å². The topological polar surface area (TPSA) is 121 Å². The first-order chi connectivity index (χ1) is 16.1. The second kappa shape index (κ2) is 8.95. The minimum absolute atomic E-state index is 0.00582. The quantitative estimate of drug-likeness (QED) is 0.340. The average Bonchev–Trinajstić information content (AvgIpc) is 3.21. The molecule has 0 spiro atoms.